The van der Waals surface area contributed by atoms with Crippen LogP contribution >= 0.6 is 0 Å². The molecule has 14 heavy (non-hydrogen) atoms. The van der Waals surface area contributed by atoms with Crippen molar-refractivity contribution < 1.29 is 0 Å². The molecule has 1 heteroatoms. The number of benzene rings is 1. The topological polar surface area (TPSA) is 15.8 Å². The predicted molar refractivity (Wildman–Crippen MR) is 62.5 cm³/mol. The van der Waals surface area contributed by atoms with E-state index in [1.54, 1.807) is 0 Å². The maximum absolute atomic E-state index is 3.88. The first-order chi connectivity index (χ1) is 6.74. The third-order valence-electron chi connectivity index (χ3n) is 2.56. The van der Waals surface area contributed by atoms with Crippen LogP contribution in [0.4, 0.5) is 0 Å². The number of aromatic nitrogens is 1. The molecule has 0 spiro atoms. The van der Waals surface area contributed by atoms with Crippen LogP contribution in [0.2, 0.25) is 0 Å². The molecular weight excluding hydrogens is 170 g/mol. The summed E-state index contributed by atoms with van der Waals surface area (Å²) in [4.78, 5) is 3.44. The monoisotopic (exact) mass is 185 g/mol. The minimum atomic E-state index is 0.510. The van der Waals surface area contributed by atoms with Crippen molar-refractivity contribution in [3.63, 3.8) is 0 Å². The summed E-state index contributed by atoms with van der Waals surface area (Å²) >= 11 is 0. The second kappa shape index (κ2) is 3.33. The zero-order chi connectivity index (χ0) is 10.1. The van der Waals surface area contributed by atoms with Gasteiger partial charge in [0.25, 0.3) is 0 Å². The van der Waals surface area contributed by atoms with Gasteiger partial charge in [0.2, 0.25) is 0 Å². The predicted octanol–water partition coefficient (Wildman–Crippen LogP) is 3.93. The Morgan fingerprint density at radius 3 is 2.64 bits per heavy atom. The molecule has 0 fully saturated rings. The number of para-hydroxylation sites is 1. The molecule has 0 aliphatic heterocycles. The number of fused-ring (bicyclic) bond motifs is 1. The summed E-state index contributed by atoms with van der Waals surface area (Å²) in [6.07, 6.45) is 1.94. The highest BCUT2D eigenvalue weighted by molar-refractivity contribution is 5.90. The molecule has 2 rings (SSSR count). The van der Waals surface area contributed by atoms with E-state index < -0.39 is 0 Å². The van der Waals surface area contributed by atoms with Crippen LogP contribution in [0.1, 0.15) is 31.0 Å². The summed E-state index contributed by atoms with van der Waals surface area (Å²) in [5, 5.41) is 1.27. The highest BCUT2D eigenvalue weighted by atomic mass is 14.7. The van der Waals surface area contributed by atoms with Gasteiger partial charge in [-0.2, -0.15) is 0 Å². The second-order valence-electron chi connectivity index (χ2n) is 3.86. The molecule has 1 N–H and O–H groups in total. The van der Waals surface area contributed by atoms with Crippen LogP contribution < -0.4 is 0 Å². The Morgan fingerprint density at radius 2 is 2.00 bits per heavy atom. The summed E-state index contributed by atoms with van der Waals surface area (Å²) in [5.41, 5.74) is 3.72. The van der Waals surface area contributed by atoms with Crippen molar-refractivity contribution in [3.8, 4) is 0 Å². The summed E-state index contributed by atoms with van der Waals surface area (Å²) in [5.74, 6) is 0.510. The number of rotatable bonds is 2. The summed E-state index contributed by atoms with van der Waals surface area (Å²) in [6.45, 7) is 8.26. The molecule has 0 atom stereocenters. The molecule has 0 saturated carbocycles. The summed E-state index contributed by atoms with van der Waals surface area (Å²) in [7, 11) is 0. The molecule has 72 valence electrons. The van der Waals surface area contributed by atoms with E-state index in [1.807, 2.05) is 6.08 Å². The van der Waals surface area contributed by atoms with Gasteiger partial charge < -0.3 is 4.98 Å². The molecule has 1 aromatic carbocycles. The van der Waals surface area contributed by atoms with E-state index in [9.17, 15) is 0 Å². The third kappa shape index (κ3) is 1.25. The Kier molecular flexibility index (Phi) is 2.16. The van der Waals surface area contributed by atoms with Crippen molar-refractivity contribution >= 4 is 17.0 Å². The van der Waals surface area contributed by atoms with Crippen molar-refractivity contribution in [2.45, 2.75) is 19.8 Å². The minimum absolute atomic E-state index is 0.510. The highest BCUT2D eigenvalue weighted by Crippen LogP contribution is 2.27. The Labute approximate surface area is 84.5 Å². The number of hydrogen-bond acceptors (Lipinski definition) is 0. The maximum atomic E-state index is 3.88. The van der Waals surface area contributed by atoms with Gasteiger partial charge in [-0.05, 0) is 12.0 Å². The first-order valence-corrected chi connectivity index (χ1v) is 4.97. The molecule has 0 aliphatic carbocycles. The van der Waals surface area contributed by atoms with E-state index >= 15 is 0 Å². The minimum Gasteiger partial charge on any atom is -0.358 e. The van der Waals surface area contributed by atoms with Crippen molar-refractivity contribution in [1.29, 1.82) is 0 Å². The first kappa shape index (κ1) is 9.07. The van der Waals surface area contributed by atoms with E-state index in [1.165, 1.54) is 22.2 Å². The van der Waals surface area contributed by atoms with Gasteiger partial charge in [0, 0.05) is 22.2 Å². The lowest BCUT2D eigenvalue weighted by Crippen LogP contribution is -1.89. The molecule has 2 aromatic rings. The van der Waals surface area contributed by atoms with E-state index in [2.05, 4.69) is 49.7 Å². The van der Waals surface area contributed by atoms with Gasteiger partial charge in [-0.3, -0.25) is 0 Å². The number of nitrogens with one attached hydrogen (secondary N) is 1. The lowest BCUT2D eigenvalue weighted by molar-refractivity contribution is 0.834. The molecule has 0 unspecified atom stereocenters. The summed E-state index contributed by atoms with van der Waals surface area (Å²) < 4.78 is 0. The molecule has 0 aliphatic rings. The van der Waals surface area contributed by atoms with Crippen LogP contribution in [-0.4, -0.2) is 4.98 Å². The summed E-state index contributed by atoms with van der Waals surface area (Å²) in [6, 6.07) is 8.35. The molecule has 0 bridgehead atoms. The second-order valence-corrected chi connectivity index (χ2v) is 3.86. The fraction of sp³-hybridized carbons (Fsp3) is 0.231. The molecule has 1 nitrogen and oxygen atoms in total. The van der Waals surface area contributed by atoms with Crippen LogP contribution in [0.25, 0.3) is 17.0 Å². The average Bonchev–Trinajstić information content (AvgIpc) is 2.56. The van der Waals surface area contributed by atoms with Gasteiger partial charge in [-0.15, -0.1) is 0 Å². The largest absolute Gasteiger partial charge is 0.358 e. The lowest BCUT2D eigenvalue weighted by atomic mass is 10.0. The van der Waals surface area contributed by atoms with Crippen molar-refractivity contribution in [3.05, 3.63) is 42.1 Å². The smallest absolute Gasteiger partial charge is 0.0462 e. The number of hydrogen-bond donors (Lipinski definition) is 1. The van der Waals surface area contributed by atoms with Crippen LogP contribution in [0.15, 0.2) is 30.8 Å². The first-order valence-electron chi connectivity index (χ1n) is 4.97. The van der Waals surface area contributed by atoms with Crippen molar-refractivity contribution in [1.82, 2.24) is 4.98 Å². The fourth-order valence-electron chi connectivity index (χ4n) is 1.86. The Balaban J connectivity index is 2.78. The molecule has 0 amide bonds. The third-order valence-corrected chi connectivity index (χ3v) is 2.56. The molecule has 1 heterocycles. The zero-order valence-electron chi connectivity index (χ0n) is 8.67. The molecule has 0 saturated heterocycles. The fourth-order valence-corrected chi connectivity index (χ4v) is 1.86. The Hall–Kier alpha value is -1.50. The van der Waals surface area contributed by atoms with Crippen LogP contribution in [0, 0.1) is 0 Å². The van der Waals surface area contributed by atoms with Gasteiger partial charge in [0.05, 0.1) is 0 Å². The zero-order valence-corrected chi connectivity index (χ0v) is 8.67. The maximum Gasteiger partial charge on any atom is 0.0462 e. The normalized spacial score (nSPS) is 11.1. The van der Waals surface area contributed by atoms with E-state index in [4.69, 9.17) is 0 Å². The van der Waals surface area contributed by atoms with Gasteiger partial charge in [-0.1, -0.05) is 44.7 Å². The van der Waals surface area contributed by atoms with Crippen molar-refractivity contribution in [2.75, 3.05) is 0 Å². The van der Waals surface area contributed by atoms with Crippen LogP contribution in [0.3, 0.4) is 0 Å². The standard InChI is InChI=1S/C13H15N/c1-4-10-11-7-5-6-8-12(11)14-13(10)9(2)3/h4-9,14H,1H2,2-3H3. The molecule has 0 radical (unpaired) electrons. The highest BCUT2D eigenvalue weighted by Gasteiger charge is 2.10. The molecule has 1 aromatic heterocycles. The van der Waals surface area contributed by atoms with Crippen LogP contribution in [-0.2, 0) is 0 Å². The number of aromatic amines is 1. The van der Waals surface area contributed by atoms with Gasteiger partial charge >= 0.3 is 0 Å². The van der Waals surface area contributed by atoms with E-state index in [-0.39, 0.29) is 0 Å². The van der Waals surface area contributed by atoms with Gasteiger partial charge in [0.1, 0.15) is 0 Å². The van der Waals surface area contributed by atoms with E-state index in [0.29, 0.717) is 5.92 Å². The van der Waals surface area contributed by atoms with Crippen molar-refractivity contribution in [2.24, 2.45) is 0 Å². The van der Waals surface area contributed by atoms with Gasteiger partial charge in [0.15, 0.2) is 0 Å². The average molecular weight is 185 g/mol. The van der Waals surface area contributed by atoms with Crippen LogP contribution in [0.5, 0.6) is 0 Å². The molecular formula is C13H15N. The lowest BCUT2D eigenvalue weighted by Gasteiger charge is -2.02. The van der Waals surface area contributed by atoms with E-state index in [0.717, 1.165) is 0 Å². The SMILES string of the molecule is C=Cc1c(C(C)C)[nH]c2ccccc12. The van der Waals surface area contributed by atoms with Gasteiger partial charge in [-0.25, -0.2) is 0 Å². The Morgan fingerprint density at radius 1 is 1.29 bits per heavy atom. The Bertz CT molecular complexity index is 463. The quantitative estimate of drug-likeness (QED) is 0.729. The number of H-pyrrole nitrogens is 1.